The van der Waals surface area contributed by atoms with E-state index in [-0.39, 0.29) is 0 Å². The second-order valence-electron chi connectivity index (χ2n) is 3.65. The number of nitrogens with one attached hydrogen (secondary N) is 1. The first kappa shape index (κ1) is 11.4. The molecule has 88 valence electrons. The molecule has 1 aromatic carbocycles. The second kappa shape index (κ2) is 5.30. The molecule has 1 heterocycles. The first-order valence-corrected chi connectivity index (χ1v) is 5.47. The van der Waals surface area contributed by atoms with Gasteiger partial charge in [-0.25, -0.2) is 9.97 Å². The van der Waals surface area contributed by atoms with Crippen molar-refractivity contribution in [1.29, 1.82) is 0 Å². The third kappa shape index (κ3) is 2.93. The van der Waals surface area contributed by atoms with Crippen LogP contribution < -0.4 is 10.1 Å². The van der Waals surface area contributed by atoms with Gasteiger partial charge in [-0.1, -0.05) is 30.3 Å². The van der Waals surface area contributed by atoms with E-state index >= 15 is 0 Å². The van der Waals surface area contributed by atoms with E-state index in [1.54, 1.807) is 6.20 Å². The molecule has 1 N–H and O–H groups in total. The molecule has 0 fully saturated rings. The molecule has 0 saturated carbocycles. The molecule has 0 aliphatic carbocycles. The fourth-order valence-corrected chi connectivity index (χ4v) is 1.48. The largest absolute Gasteiger partial charge is 0.483 e. The third-order valence-electron chi connectivity index (χ3n) is 2.35. The number of hydrogen-bond donors (Lipinski definition) is 1. The summed E-state index contributed by atoms with van der Waals surface area (Å²) in [6, 6.07) is 10.0. The first-order chi connectivity index (χ1) is 8.29. The SMILES string of the molecule is CNc1nc(C)ncc1OCc1ccccc1. The Bertz CT molecular complexity index is 485. The number of aryl methyl sites for hydroxylation is 1. The zero-order chi connectivity index (χ0) is 12.1. The predicted octanol–water partition coefficient (Wildman–Crippen LogP) is 2.41. The summed E-state index contributed by atoms with van der Waals surface area (Å²) in [4.78, 5) is 8.38. The van der Waals surface area contributed by atoms with Crippen LogP contribution in [0.15, 0.2) is 36.5 Å². The molecule has 1 aromatic heterocycles. The van der Waals surface area contributed by atoms with Crippen LogP contribution in [0.4, 0.5) is 5.82 Å². The minimum atomic E-state index is 0.516. The third-order valence-corrected chi connectivity index (χ3v) is 2.35. The smallest absolute Gasteiger partial charge is 0.180 e. The summed E-state index contributed by atoms with van der Waals surface area (Å²) >= 11 is 0. The fourth-order valence-electron chi connectivity index (χ4n) is 1.48. The Kier molecular flexibility index (Phi) is 3.55. The van der Waals surface area contributed by atoms with Gasteiger partial charge in [0.2, 0.25) is 0 Å². The first-order valence-electron chi connectivity index (χ1n) is 5.47. The van der Waals surface area contributed by atoms with Gasteiger partial charge in [-0.2, -0.15) is 0 Å². The number of nitrogens with zero attached hydrogens (tertiary/aromatic N) is 2. The van der Waals surface area contributed by atoms with E-state index in [2.05, 4.69) is 15.3 Å². The van der Waals surface area contributed by atoms with E-state index in [4.69, 9.17) is 4.74 Å². The number of hydrogen-bond acceptors (Lipinski definition) is 4. The van der Waals surface area contributed by atoms with Crippen LogP contribution in [0, 0.1) is 6.92 Å². The lowest BCUT2D eigenvalue weighted by Gasteiger charge is -2.10. The standard InChI is InChI=1S/C13H15N3O/c1-10-15-8-12(13(14-2)16-10)17-9-11-6-4-3-5-7-11/h3-8H,9H2,1-2H3,(H,14,15,16). The van der Waals surface area contributed by atoms with E-state index in [9.17, 15) is 0 Å². The van der Waals surface area contributed by atoms with Crippen LogP contribution >= 0.6 is 0 Å². The number of benzene rings is 1. The van der Waals surface area contributed by atoms with Gasteiger partial charge >= 0.3 is 0 Å². The molecule has 0 atom stereocenters. The van der Waals surface area contributed by atoms with Crippen molar-refractivity contribution in [3.63, 3.8) is 0 Å². The maximum absolute atomic E-state index is 5.68. The Labute approximate surface area is 101 Å². The average molecular weight is 229 g/mol. The highest BCUT2D eigenvalue weighted by molar-refractivity contribution is 5.48. The molecule has 4 nitrogen and oxygen atoms in total. The molecule has 0 amide bonds. The van der Waals surface area contributed by atoms with Gasteiger partial charge in [-0.05, 0) is 12.5 Å². The van der Waals surface area contributed by atoms with Crippen molar-refractivity contribution < 1.29 is 4.74 Å². The highest BCUT2D eigenvalue weighted by atomic mass is 16.5. The lowest BCUT2D eigenvalue weighted by molar-refractivity contribution is 0.305. The Balaban J connectivity index is 2.09. The Morgan fingerprint density at radius 1 is 1.24 bits per heavy atom. The summed E-state index contributed by atoms with van der Waals surface area (Å²) in [6.07, 6.45) is 1.69. The topological polar surface area (TPSA) is 47.0 Å². The lowest BCUT2D eigenvalue weighted by Crippen LogP contribution is -2.03. The van der Waals surface area contributed by atoms with Crippen LogP contribution in [-0.4, -0.2) is 17.0 Å². The van der Waals surface area contributed by atoms with Crippen LogP contribution in [0.3, 0.4) is 0 Å². The molecule has 0 aliphatic heterocycles. The predicted molar refractivity (Wildman–Crippen MR) is 67.1 cm³/mol. The van der Waals surface area contributed by atoms with Gasteiger partial charge in [0.15, 0.2) is 11.6 Å². The van der Waals surface area contributed by atoms with E-state index in [0.717, 1.165) is 11.4 Å². The normalized spacial score (nSPS) is 10.0. The summed E-state index contributed by atoms with van der Waals surface area (Å²) in [5, 5.41) is 3.00. The number of aromatic nitrogens is 2. The van der Waals surface area contributed by atoms with Crippen molar-refractivity contribution in [3.05, 3.63) is 47.9 Å². The van der Waals surface area contributed by atoms with Crippen LogP contribution in [0.25, 0.3) is 0 Å². The zero-order valence-electron chi connectivity index (χ0n) is 9.97. The van der Waals surface area contributed by atoms with Gasteiger partial charge in [0, 0.05) is 7.05 Å². The van der Waals surface area contributed by atoms with Crippen molar-refractivity contribution in [2.45, 2.75) is 13.5 Å². The van der Waals surface area contributed by atoms with Crippen LogP contribution in [0.1, 0.15) is 11.4 Å². The van der Waals surface area contributed by atoms with Crippen molar-refractivity contribution >= 4 is 5.82 Å². The number of ether oxygens (including phenoxy) is 1. The van der Waals surface area contributed by atoms with Crippen LogP contribution in [0.2, 0.25) is 0 Å². The zero-order valence-corrected chi connectivity index (χ0v) is 9.97. The summed E-state index contributed by atoms with van der Waals surface area (Å²) in [5.41, 5.74) is 1.12. The molecular weight excluding hydrogens is 214 g/mol. The van der Waals surface area contributed by atoms with Gasteiger partial charge in [-0.3, -0.25) is 0 Å². The molecule has 17 heavy (non-hydrogen) atoms. The van der Waals surface area contributed by atoms with Gasteiger partial charge in [0.05, 0.1) is 6.20 Å². The number of rotatable bonds is 4. The Hall–Kier alpha value is -2.10. The quantitative estimate of drug-likeness (QED) is 0.874. The molecule has 0 bridgehead atoms. The van der Waals surface area contributed by atoms with Crippen LogP contribution in [-0.2, 0) is 6.61 Å². The van der Waals surface area contributed by atoms with E-state index in [0.29, 0.717) is 18.2 Å². The molecule has 0 saturated heterocycles. The maximum atomic E-state index is 5.68. The average Bonchev–Trinajstić information content (AvgIpc) is 2.38. The Morgan fingerprint density at radius 2 is 2.00 bits per heavy atom. The highest BCUT2D eigenvalue weighted by Gasteiger charge is 2.05. The van der Waals surface area contributed by atoms with E-state index in [1.165, 1.54) is 0 Å². The molecule has 0 radical (unpaired) electrons. The highest BCUT2D eigenvalue weighted by Crippen LogP contribution is 2.21. The van der Waals surface area contributed by atoms with Crippen molar-refractivity contribution in [2.24, 2.45) is 0 Å². The summed E-state index contributed by atoms with van der Waals surface area (Å²) < 4.78 is 5.68. The fraction of sp³-hybridized carbons (Fsp3) is 0.231. The molecule has 0 unspecified atom stereocenters. The summed E-state index contributed by atoms with van der Waals surface area (Å²) in [6.45, 7) is 2.36. The Morgan fingerprint density at radius 3 is 2.71 bits per heavy atom. The monoisotopic (exact) mass is 229 g/mol. The van der Waals surface area contributed by atoms with E-state index in [1.807, 2.05) is 44.3 Å². The molecule has 2 rings (SSSR count). The van der Waals surface area contributed by atoms with Gasteiger partial charge in [0.25, 0.3) is 0 Å². The summed E-state index contributed by atoms with van der Waals surface area (Å²) in [7, 11) is 1.82. The van der Waals surface area contributed by atoms with E-state index < -0.39 is 0 Å². The molecule has 2 aromatic rings. The summed E-state index contributed by atoms with van der Waals surface area (Å²) in [5.74, 6) is 2.11. The van der Waals surface area contributed by atoms with Crippen LogP contribution in [0.5, 0.6) is 5.75 Å². The second-order valence-corrected chi connectivity index (χ2v) is 3.65. The van der Waals surface area contributed by atoms with Gasteiger partial charge in [-0.15, -0.1) is 0 Å². The molecule has 0 spiro atoms. The molecule has 0 aliphatic rings. The van der Waals surface area contributed by atoms with Gasteiger partial charge < -0.3 is 10.1 Å². The van der Waals surface area contributed by atoms with Gasteiger partial charge in [0.1, 0.15) is 12.4 Å². The lowest BCUT2D eigenvalue weighted by atomic mass is 10.2. The van der Waals surface area contributed by atoms with Crippen molar-refractivity contribution in [2.75, 3.05) is 12.4 Å². The molecular formula is C13H15N3O. The maximum Gasteiger partial charge on any atom is 0.180 e. The van der Waals surface area contributed by atoms with Crippen molar-refractivity contribution in [1.82, 2.24) is 9.97 Å². The minimum Gasteiger partial charge on any atom is -0.483 e. The van der Waals surface area contributed by atoms with Crippen molar-refractivity contribution in [3.8, 4) is 5.75 Å². The minimum absolute atomic E-state index is 0.516. The number of anilines is 1. The molecule has 4 heteroatoms.